The van der Waals surface area contributed by atoms with Gasteiger partial charge in [-0.25, -0.2) is 0 Å². The Morgan fingerprint density at radius 2 is 2.05 bits per heavy atom. The molecule has 0 aromatic carbocycles. The van der Waals surface area contributed by atoms with Crippen LogP contribution in [0.15, 0.2) is 0 Å². The van der Waals surface area contributed by atoms with E-state index in [-0.39, 0.29) is 30.3 Å². The number of likely N-dealkylation sites (N-methyl/N-ethyl adjacent to an activating group) is 1. The van der Waals surface area contributed by atoms with Crippen molar-refractivity contribution in [3.63, 3.8) is 0 Å². The molecule has 1 rings (SSSR count). The summed E-state index contributed by atoms with van der Waals surface area (Å²) in [6.45, 7) is 6.52. The SMILES string of the molecule is CCCNC1COCC1C(=O)NCC(=O)N(C)CC. The first kappa shape index (κ1) is 15.9. The van der Waals surface area contributed by atoms with E-state index in [2.05, 4.69) is 17.6 Å². The molecule has 1 fully saturated rings. The van der Waals surface area contributed by atoms with Gasteiger partial charge in [0, 0.05) is 19.6 Å². The number of hydrogen-bond acceptors (Lipinski definition) is 4. The molecule has 19 heavy (non-hydrogen) atoms. The average molecular weight is 271 g/mol. The van der Waals surface area contributed by atoms with E-state index in [0.29, 0.717) is 19.8 Å². The molecule has 1 aliphatic heterocycles. The van der Waals surface area contributed by atoms with Crippen molar-refractivity contribution in [3.8, 4) is 0 Å². The van der Waals surface area contributed by atoms with Gasteiger partial charge in [0.05, 0.1) is 25.7 Å². The number of nitrogens with one attached hydrogen (secondary N) is 2. The summed E-state index contributed by atoms with van der Waals surface area (Å²) in [7, 11) is 1.72. The van der Waals surface area contributed by atoms with Gasteiger partial charge >= 0.3 is 0 Å². The minimum atomic E-state index is -0.203. The smallest absolute Gasteiger partial charge is 0.241 e. The van der Waals surface area contributed by atoms with Crippen molar-refractivity contribution in [1.29, 1.82) is 0 Å². The first-order chi connectivity index (χ1) is 9.10. The number of hydrogen-bond donors (Lipinski definition) is 2. The normalized spacial score (nSPS) is 22.3. The number of carbonyl (C=O) groups is 2. The van der Waals surface area contributed by atoms with E-state index in [1.54, 1.807) is 11.9 Å². The van der Waals surface area contributed by atoms with Gasteiger partial charge in [0.2, 0.25) is 11.8 Å². The molecule has 1 aliphatic rings. The van der Waals surface area contributed by atoms with E-state index in [9.17, 15) is 9.59 Å². The summed E-state index contributed by atoms with van der Waals surface area (Å²) in [5.74, 6) is -0.386. The molecule has 0 bridgehead atoms. The molecule has 2 unspecified atom stereocenters. The lowest BCUT2D eigenvalue weighted by molar-refractivity contribution is -0.133. The van der Waals surface area contributed by atoms with Gasteiger partial charge in [-0.15, -0.1) is 0 Å². The quantitative estimate of drug-likeness (QED) is 0.661. The van der Waals surface area contributed by atoms with Gasteiger partial charge in [-0.2, -0.15) is 0 Å². The Balaban J connectivity index is 2.37. The van der Waals surface area contributed by atoms with E-state index in [1.807, 2.05) is 6.92 Å². The highest BCUT2D eigenvalue weighted by atomic mass is 16.5. The summed E-state index contributed by atoms with van der Waals surface area (Å²) in [6, 6.07) is 0.0546. The molecule has 2 atom stereocenters. The lowest BCUT2D eigenvalue weighted by atomic mass is 10.0. The number of ether oxygens (including phenoxy) is 1. The highest BCUT2D eigenvalue weighted by Gasteiger charge is 2.33. The Kier molecular flexibility index (Phi) is 6.80. The molecule has 0 aromatic rings. The van der Waals surface area contributed by atoms with Gasteiger partial charge in [-0.3, -0.25) is 9.59 Å². The zero-order chi connectivity index (χ0) is 14.3. The van der Waals surface area contributed by atoms with Crippen molar-refractivity contribution in [3.05, 3.63) is 0 Å². The van der Waals surface area contributed by atoms with Crippen molar-refractivity contribution in [2.45, 2.75) is 26.3 Å². The Labute approximate surface area is 114 Å². The maximum Gasteiger partial charge on any atom is 0.241 e. The van der Waals surface area contributed by atoms with Crippen molar-refractivity contribution >= 4 is 11.8 Å². The predicted molar refractivity (Wildman–Crippen MR) is 72.7 cm³/mol. The van der Waals surface area contributed by atoms with Crippen LogP contribution in [0.2, 0.25) is 0 Å². The van der Waals surface area contributed by atoms with E-state index in [0.717, 1.165) is 13.0 Å². The molecule has 6 nitrogen and oxygen atoms in total. The largest absolute Gasteiger partial charge is 0.379 e. The van der Waals surface area contributed by atoms with E-state index >= 15 is 0 Å². The summed E-state index contributed by atoms with van der Waals surface area (Å²) < 4.78 is 5.34. The lowest BCUT2D eigenvalue weighted by Gasteiger charge is -2.19. The molecule has 0 aliphatic carbocycles. The van der Waals surface area contributed by atoms with Crippen molar-refractivity contribution in [2.75, 3.05) is 39.9 Å². The summed E-state index contributed by atoms with van der Waals surface area (Å²) in [5.41, 5.74) is 0. The molecule has 110 valence electrons. The summed E-state index contributed by atoms with van der Waals surface area (Å²) in [4.78, 5) is 25.2. The molecular weight excluding hydrogens is 246 g/mol. The van der Waals surface area contributed by atoms with Crippen LogP contribution >= 0.6 is 0 Å². The molecule has 1 heterocycles. The van der Waals surface area contributed by atoms with Crippen LogP contribution in [0.1, 0.15) is 20.3 Å². The van der Waals surface area contributed by atoms with Gasteiger partial charge in [-0.05, 0) is 19.9 Å². The molecule has 2 N–H and O–H groups in total. The molecule has 0 saturated carbocycles. The van der Waals surface area contributed by atoms with Gasteiger partial charge in [0.1, 0.15) is 0 Å². The third-order valence-corrected chi connectivity index (χ3v) is 3.39. The number of amides is 2. The highest BCUT2D eigenvalue weighted by Crippen LogP contribution is 2.13. The lowest BCUT2D eigenvalue weighted by Crippen LogP contribution is -2.46. The Hall–Kier alpha value is -1.14. The topological polar surface area (TPSA) is 70.7 Å². The summed E-state index contributed by atoms with van der Waals surface area (Å²) >= 11 is 0. The maximum absolute atomic E-state index is 12.0. The van der Waals surface area contributed by atoms with E-state index in [4.69, 9.17) is 4.74 Å². The Bertz CT molecular complexity index is 310. The molecule has 2 amide bonds. The van der Waals surface area contributed by atoms with Crippen LogP contribution in [0.3, 0.4) is 0 Å². The third-order valence-electron chi connectivity index (χ3n) is 3.39. The predicted octanol–water partition coefficient (Wildman–Crippen LogP) is -0.404. The Morgan fingerprint density at radius 1 is 1.32 bits per heavy atom. The van der Waals surface area contributed by atoms with Crippen LogP contribution in [-0.2, 0) is 14.3 Å². The fourth-order valence-corrected chi connectivity index (χ4v) is 1.95. The van der Waals surface area contributed by atoms with Crippen LogP contribution < -0.4 is 10.6 Å². The van der Waals surface area contributed by atoms with Crippen molar-refractivity contribution in [2.24, 2.45) is 5.92 Å². The number of rotatable bonds is 7. The van der Waals surface area contributed by atoms with Crippen molar-refractivity contribution in [1.82, 2.24) is 15.5 Å². The molecule has 0 aromatic heterocycles. The number of carbonyl (C=O) groups excluding carboxylic acids is 2. The van der Waals surface area contributed by atoms with Gasteiger partial charge in [0.15, 0.2) is 0 Å². The minimum absolute atomic E-state index is 0.0546. The van der Waals surface area contributed by atoms with Crippen LogP contribution in [0.25, 0.3) is 0 Å². The van der Waals surface area contributed by atoms with Gasteiger partial charge in [-0.1, -0.05) is 6.92 Å². The third kappa shape index (κ3) is 4.80. The molecule has 0 spiro atoms. The molecule has 1 saturated heterocycles. The van der Waals surface area contributed by atoms with Gasteiger partial charge in [0.25, 0.3) is 0 Å². The fraction of sp³-hybridized carbons (Fsp3) is 0.846. The zero-order valence-corrected chi connectivity index (χ0v) is 12.1. The zero-order valence-electron chi connectivity index (χ0n) is 12.1. The van der Waals surface area contributed by atoms with Crippen molar-refractivity contribution < 1.29 is 14.3 Å². The standard InChI is InChI=1S/C13H25N3O3/c1-4-6-14-11-9-19-8-10(11)13(18)15-7-12(17)16(3)5-2/h10-11,14H,4-9H2,1-3H3,(H,15,18). The van der Waals surface area contributed by atoms with Gasteiger partial charge < -0.3 is 20.3 Å². The van der Waals surface area contributed by atoms with Crippen LogP contribution in [0, 0.1) is 5.92 Å². The highest BCUT2D eigenvalue weighted by molar-refractivity contribution is 5.86. The molecule has 6 heteroatoms. The second-order valence-corrected chi connectivity index (χ2v) is 4.83. The average Bonchev–Trinajstić information content (AvgIpc) is 2.89. The van der Waals surface area contributed by atoms with Crippen LogP contribution in [-0.4, -0.2) is 62.7 Å². The number of nitrogens with zero attached hydrogens (tertiary/aromatic N) is 1. The monoisotopic (exact) mass is 271 g/mol. The molecule has 0 radical (unpaired) electrons. The van der Waals surface area contributed by atoms with E-state index in [1.165, 1.54) is 0 Å². The summed E-state index contributed by atoms with van der Waals surface area (Å²) in [5, 5.41) is 6.00. The molecular formula is C13H25N3O3. The fourth-order valence-electron chi connectivity index (χ4n) is 1.95. The Morgan fingerprint density at radius 3 is 2.68 bits per heavy atom. The van der Waals surface area contributed by atoms with Crippen LogP contribution in [0.5, 0.6) is 0 Å². The van der Waals surface area contributed by atoms with Crippen LogP contribution in [0.4, 0.5) is 0 Å². The summed E-state index contributed by atoms with van der Waals surface area (Å²) in [6.07, 6.45) is 1.02. The van der Waals surface area contributed by atoms with E-state index < -0.39 is 0 Å². The maximum atomic E-state index is 12.0. The first-order valence-corrected chi connectivity index (χ1v) is 6.92. The second kappa shape index (κ2) is 8.12. The first-order valence-electron chi connectivity index (χ1n) is 6.92. The second-order valence-electron chi connectivity index (χ2n) is 4.83. The minimum Gasteiger partial charge on any atom is -0.379 e.